The average Bonchev–Trinajstić information content (AvgIpc) is 2.37. The van der Waals surface area contributed by atoms with Gasteiger partial charge in [-0.1, -0.05) is 11.8 Å². The molecular formula is C14H17N3O2. The quantitative estimate of drug-likeness (QED) is 0.686. The molecule has 2 amide bonds. The number of hydrogen-bond acceptors (Lipinski definition) is 3. The molecule has 100 valence electrons. The van der Waals surface area contributed by atoms with Gasteiger partial charge in [-0.3, -0.25) is 9.59 Å². The first kappa shape index (κ1) is 14.7. The van der Waals surface area contributed by atoms with Crippen molar-refractivity contribution in [3.8, 4) is 11.8 Å². The smallest absolute Gasteiger partial charge is 0.243 e. The number of nitrogens with one attached hydrogen (secondary N) is 2. The lowest BCUT2D eigenvalue weighted by Crippen LogP contribution is -2.31. The first-order valence-electron chi connectivity index (χ1n) is 5.87. The topological polar surface area (TPSA) is 84.2 Å². The van der Waals surface area contributed by atoms with E-state index in [0.29, 0.717) is 12.2 Å². The second-order valence-corrected chi connectivity index (χ2v) is 3.99. The minimum absolute atomic E-state index is 0.0382. The maximum absolute atomic E-state index is 11.6. The lowest BCUT2D eigenvalue weighted by Gasteiger charge is -2.09. The van der Waals surface area contributed by atoms with E-state index < -0.39 is 0 Å². The van der Waals surface area contributed by atoms with Crippen LogP contribution in [0, 0.1) is 18.8 Å². The molecule has 5 heteroatoms. The number of carbonyl (C=O) groups excluding carboxylic acids is 2. The molecule has 0 saturated carbocycles. The van der Waals surface area contributed by atoms with Gasteiger partial charge in [-0.2, -0.15) is 0 Å². The Labute approximate surface area is 112 Å². The van der Waals surface area contributed by atoms with E-state index in [1.165, 1.54) is 6.92 Å². The highest BCUT2D eigenvalue weighted by Gasteiger charge is 2.05. The third-order valence-corrected chi connectivity index (χ3v) is 2.33. The second-order valence-electron chi connectivity index (χ2n) is 3.99. The predicted octanol–water partition coefficient (Wildman–Crippen LogP) is 0.380. The molecule has 1 aromatic rings. The monoisotopic (exact) mass is 259 g/mol. The lowest BCUT2D eigenvalue weighted by atomic mass is 10.1. The minimum atomic E-state index is -0.265. The summed E-state index contributed by atoms with van der Waals surface area (Å²) in [5, 5.41) is 5.16. The van der Waals surface area contributed by atoms with Crippen molar-refractivity contribution >= 4 is 17.5 Å². The lowest BCUT2D eigenvalue weighted by molar-refractivity contribution is -0.122. The Kier molecular flexibility index (Phi) is 5.58. The van der Waals surface area contributed by atoms with Crippen LogP contribution in [-0.2, 0) is 9.59 Å². The van der Waals surface area contributed by atoms with Gasteiger partial charge in [0, 0.05) is 18.2 Å². The summed E-state index contributed by atoms with van der Waals surface area (Å²) in [7, 11) is 0. The van der Waals surface area contributed by atoms with Crippen molar-refractivity contribution in [2.75, 3.05) is 18.4 Å². The van der Waals surface area contributed by atoms with Gasteiger partial charge in [0.1, 0.15) is 0 Å². The van der Waals surface area contributed by atoms with E-state index in [1.54, 1.807) is 6.07 Å². The van der Waals surface area contributed by atoms with Crippen molar-refractivity contribution < 1.29 is 9.59 Å². The highest BCUT2D eigenvalue weighted by Crippen LogP contribution is 2.15. The number of anilines is 1. The third kappa shape index (κ3) is 5.23. The summed E-state index contributed by atoms with van der Waals surface area (Å²) in [5.41, 5.74) is 7.76. The Balaban J connectivity index is 2.69. The van der Waals surface area contributed by atoms with Crippen LogP contribution in [-0.4, -0.2) is 24.9 Å². The van der Waals surface area contributed by atoms with Crippen LogP contribution in [0.15, 0.2) is 18.2 Å². The highest BCUT2D eigenvalue weighted by atomic mass is 16.2. The minimum Gasteiger partial charge on any atom is -0.347 e. The number of amides is 2. The number of nitrogens with two attached hydrogens (primary N) is 1. The number of hydrogen-bond donors (Lipinski definition) is 3. The van der Waals surface area contributed by atoms with Gasteiger partial charge in [0.05, 0.1) is 13.1 Å². The Hall–Kier alpha value is -2.32. The molecule has 0 saturated heterocycles. The van der Waals surface area contributed by atoms with Gasteiger partial charge >= 0.3 is 0 Å². The van der Waals surface area contributed by atoms with E-state index in [0.717, 1.165) is 11.1 Å². The molecule has 4 N–H and O–H groups in total. The van der Waals surface area contributed by atoms with Gasteiger partial charge in [0.15, 0.2) is 0 Å². The summed E-state index contributed by atoms with van der Waals surface area (Å²) in [4.78, 5) is 22.3. The zero-order valence-electron chi connectivity index (χ0n) is 11.0. The number of rotatable bonds is 3. The molecule has 19 heavy (non-hydrogen) atoms. The van der Waals surface area contributed by atoms with Crippen molar-refractivity contribution in [1.82, 2.24) is 5.32 Å². The molecule has 0 heterocycles. The van der Waals surface area contributed by atoms with Crippen LogP contribution in [0.3, 0.4) is 0 Å². The summed E-state index contributed by atoms with van der Waals surface area (Å²) in [6.07, 6.45) is 0. The molecule has 1 aromatic carbocycles. The summed E-state index contributed by atoms with van der Waals surface area (Å²) in [6.45, 7) is 3.52. The summed E-state index contributed by atoms with van der Waals surface area (Å²) in [5.74, 6) is 5.19. The molecule has 5 nitrogen and oxygen atoms in total. The highest BCUT2D eigenvalue weighted by molar-refractivity contribution is 5.94. The van der Waals surface area contributed by atoms with Gasteiger partial charge < -0.3 is 16.4 Å². The van der Waals surface area contributed by atoms with E-state index in [-0.39, 0.29) is 18.4 Å². The van der Waals surface area contributed by atoms with Crippen LogP contribution in [0.4, 0.5) is 5.69 Å². The maximum Gasteiger partial charge on any atom is 0.243 e. The van der Waals surface area contributed by atoms with Crippen molar-refractivity contribution in [2.45, 2.75) is 13.8 Å². The normalized spacial score (nSPS) is 9.21. The van der Waals surface area contributed by atoms with Gasteiger partial charge in [-0.05, 0) is 30.7 Å². The Morgan fingerprint density at radius 3 is 2.68 bits per heavy atom. The summed E-state index contributed by atoms with van der Waals surface area (Å²) in [6, 6.07) is 5.46. The van der Waals surface area contributed by atoms with Gasteiger partial charge in [0.2, 0.25) is 11.8 Å². The van der Waals surface area contributed by atoms with Crippen molar-refractivity contribution in [1.29, 1.82) is 0 Å². The van der Waals surface area contributed by atoms with Crippen LogP contribution in [0.25, 0.3) is 0 Å². The third-order valence-electron chi connectivity index (χ3n) is 2.33. The van der Waals surface area contributed by atoms with E-state index in [9.17, 15) is 9.59 Å². The fraction of sp³-hybridized carbons (Fsp3) is 0.286. The van der Waals surface area contributed by atoms with Crippen LogP contribution in [0.5, 0.6) is 0 Å². The Morgan fingerprint density at radius 1 is 1.37 bits per heavy atom. The fourth-order valence-corrected chi connectivity index (χ4v) is 1.43. The molecule has 0 aliphatic rings. The number of benzene rings is 1. The van der Waals surface area contributed by atoms with Crippen molar-refractivity contribution in [3.63, 3.8) is 0 Å². The molecule has 0 spiro atoms. The standard InChI is InChI=1S/C14H17N3O2/c1-10-8-12(4-3-7-15)5-6-13(10)17-14(19)9-16-11(2)18/h5-6,8H,7,9,15H2,1-2H3,(H,16,18)(H,17,19). The van der Waals surface area contributed by atoms with Gasteiger partial charge in [-0.15, -0.1) is 0 Å². The van der Waals surface area contributed by atoms with E-state index in [1.807, 2.05) is 19.1 Å². The molecule has 1 rings (SSSR count). The first-order valence-corrected chi connectivity index (χ1v) is 5.87. The Morgan fingerprint density at radius 2 is 2.11 bits per heavy atom. The molecule has 0 aliphatic carbocycles. The summed E-state index contributed by atoms with van der Waals surface area (Å²) < 4.78 is 0. The SMILES string of the molecule is CC(=O)NCC(=O)Nc1ccc(C#CCN)cc1C. The average molecular weight is 259 g/mol. The molecule has 0 fully saturated rings. The van der Waals surface area contributed by atoms with Crippen LogP contribution in [0.1, 0.15) is 18.1 Å². The van der Waals surface area contributed by atoms with E-state index in [4.69, 9.17) is 5.73 Å². The molecule has 0 unspecified atom stereocenters. The number of aryl methyl sites for hydroxylation is 1. The van der Waals surface area contributed by atoms with Crippen LogP contribution in [0.2, 0.25) is 0 Å². The Bertz CT molecular complexity index is 541. The zero-order valence-corrected chi connectivity index (χ0v) is 11.0. The number of carbonyl (C=O) groups is 2. The van der Waals surface area contributed by atoms with Gasteiger partial charge in [-0.25, -0.2) is 0 Å². The van der Waals surface area contributed by atoms with Crippen LogP contribution < -0.4 is 16.4 Å². The van der Waals surface area contributed by atoms with E-state index >= 15 is 0 Å². The molecule has 0 radical (unpaired) electrons. The molecule has 0 bridgehead atoms. The zero-order chi connectivity index (χ0) is 14.3. The maximum atomic E-state index is 11.6. The molecule has 0 aromatic heterocycles. The van der Waals surface area contributed by atoms with Gasteiger partial charge in [0.25, 0.3) is 0 Å². The first-order chi connectivity index (χ1) is 9.02. The second kappa shape index (κ2) is 7.19. The predicted molar refractivity (Wildman–Crippen MR) is 74.4 cm³/mol. The molecule has 0 aliphatic heterocycles. The van der Waals surface area contributed by atoms with Crippen molar-refractivity contribution in [3.05, 3.63) is 29.3 Å². The van der Waals surface area contributed by atoms with Crippen molar-refractivity contribution in [2.24, 2.45) is 5.73 Å². The van der Waals surface area contributed by atoms with E-state index in [2.05, 4.69) is 22.5 Å². The largest absolute Gasteiger partial charge is 0.347 e. The molecular weight excluding hydrogens is 242 g/mol. The summed E-state index contributed by atoms with van der Waals surface area (Å²) >= 11 is 0. The van der Waals surface area contributed by atoms with Crippen LogP contribution >= 0.6 is 0 Å². The fourth-order valence-electron chi connectivity index (χ4n) is 1.43. The molecule has 0 atom stereocenters.